The topological polar surface area (TPSA) is 68.8 Å². The quantitative estimate of drug-likeness (QED) is 0.654. The minimum Gasteiger partial charge on any atom is -0.271 e. The number of nitrogens with two attached hydrogens (primary N) is 1. The van der Waals surface area contributed by atoms with E-state index in [1.807, 2.05) is 0 Å². The maximum atomic E-state index is 13.0. The maximum Gasteiger partial charge on any atom is 0.416 e. The summed E-state index contributed by atoms with van der Waals surface area (Å²) in [4.78, 5) is 0. The zero-order chi connectivity index (χ0) is 14.0. The number of aryl methyl sites for hydroxylation is 1. The van der Waals surface area contributed by atoms with Crippen LogP contribution in [0.15, 0.2) is 30.5 Å². The molecule has 0 amide bonds. The third-order valence-corrected chi connectivity index (χ3v) is 2.79. The second kappa shape index (κ2) is 4.98. The lowest BCUT2D eigenvalue weighted by molar-refractivity contribution is -0.138. The Kier molecular flexibility index (Phi) is 3.54. The lowest BCUT2D eigenvalue weighted by atomic mass is 9.98. The molecule has 1 unspecified atom stereocenters. The summed E-state index contributed by atoms with van der Waals surface area (Å²) >= 11 is 0. The Morgan fingerprint density at radius 3 is 2.53 bits per heavy atom. The Labute approximate surface area is 107 Å². The van der Waals surface area contributed by atoms with E-state index in [2.05, 4.69) is 15.7 Å². The number of hydrogen-bond donors (Lipinski definition) is 2. The Hall–Kier alpha value is -1.93. The fraction of sp³-hybridized carbons (Fsp3) is 0.273. The van der Waals surface area contributed by atoms with Crippen LogP contribution in [0.5, 0.6) is 0 Å². The van der Waals surface area contributed by atoms with Crippen molar-refractivity contribution in [2.75, 3.05) is 0 Å². The molecule has 8 heteroatoms. The molecule has 102 valence electrons. The van der Waals surface area contributed by atoms with Crippen molar-refractivity contribution in [3.63, 3.8) is 0 Å². The second-order valence-corrected chi connectivity index (χ2v) is 3.97. The van der Waals surface area contributed by atoms with Crippen molar-refractivity contribution < 1.29 is 13.2 Å². The first-order valence-corrected chi connectivity index (χ1v) is 5.42. The van der Waals surface area contributed by atoms with Crippen molar-refractivity contribution >= 4 is 0 Å². The highest BCUT2D eigenvalue weighted by atomic mass is 19.4. The van der Waals surface area contributed by atoms with Gasteiger partial charge in [0.1, 0.15) is 0 Å². The van der Waals surface area contributed by atoms with Crippen LogP contribution < -0.4 is 11.3 Å². The molecule has 1 aromatic carbocycles. The molecule has 0 bridgehead atoms. The minimum absolute atomic E-state index is 0.0305. The molecule has 0 saturated heterocycles. The van der Waals surface area contributed by atoms with Gasteiger partial charge in [-0.1, -0.05) is 23.4 Å². The van der Waals surface area contributed by atoms with E-state index in [0.29, 0.717) is 5.69 Å². The third kappa shape index (κ3) is 2.59. The van der Waals surface area contributed by atoms with Gasteiger partial charge in [-0.05, 0) is 11.6 Å². The van der Waals surface area contributed by atoms with Gasteiger partial charge in [0.25, 0.3) is 0 Å². The number of halogens is 3. The van der Waals surface area contributed by atoms with Gasteiger partial charge in [-0.2, -0.15) is 13.2 Å². The standard InChI is InChI=1S/C11H12F3N5/c1-19-9(6-16-18-19)10(17-15)7-4-2-3-5-8(7)11(12,13)14/h2-6,10,17H,15H2,1H3. The van der Waals surface area contributed by atoms with E-state index in [-0.39, 0.29) is 5.56 Å². The van der Waals surface area contributed by atoms with Crippen molar-refractivity contribution in [2.45, 2.75) is 12.2 Å². The predicted octanol–water partition coefficient (Wildman–Crippen LogP) is 1.39. The average molecular weight is 271 g/mol. The van der Waals surface area contributed by atoms with Crippen LogP contribution >= 0.6 is 0 Å². The lowest BCUT2D eigenvalue weighted by Crippen LogP contribution is -2.32. The van der Waals surface area contributed by atoms with Crippen LogP contribution in [0.4, 0.5) is 13.2 Å². The molecular weight excluding hydrogens is 259 g/mol. The summed E-state index contributed by atoms with van der Waals surface area (Å²) in [6.07, 6.45) is -3.07. The molecule has 19 heavy (non-hydrogen) atoms. The summed E-state index contributed by atoms with van der Waals surface area (Å²) in [6, 6.07) is 4.42. The molecule has 0 aliphatic heterocycles. The van der Waals surface area contributed by atoms with Crippen LogP contribution in [-0.4, -0.2) is 15.0 Å². The number of aromatic nitrogens is 3. The summed E-state index contributed by atoms with van der Waals surface area (Å²) in [7, 11) is 1.59. The molecule has 0 aliphatic rings. The maximum absolute atomic E-state index is 13.0. The number of nitrogens with zero attached hydrogens (tertiary/aromatic N) is 3. The van der Waals surface area contributed by atoms with Crippen molar-refractivity contribution in [2.24, 2.45) is 12.9 Å². The molecule has 0 spiro atoms. The highest BCUT2D eigenvalue weighted by molar-refractivity contribution is 5.36. The van der Waals surface area contributed by atoms with Crippen LogP contribution in [0.1, 0.15) is 22.9 Å². The molecule has 3 N–H and O–H groups in total. The fourth-order valence-electron chi connectivity index (χ4n) is 1.90. The monoisotopic (exact) mass is 271 g/mol. The van der Waals surface area contributed by atoms with Gasteiger partial charge in [0.05, 0.1) is 23.5 Å². The van der Waals surface area contributed by atoms with Gasteiger partial charge in [-0.25, -0.2) is 5.43 Å². The number of rotatable bonds is 3. The molecule has 2 aromatic rings. The lowest BCUT2D eigenvalue weighted by Gasteiger charge is -2.20. The molecular formula is C11H12F3N5. The van der Waals surface area contributed by atoms with E-state index < -0.39 is 17.8 Å². The zero-order valence-electron chi connectivity index (χ0n) is 10.0. The van der Waals surface area contributed by atoms with Crippen LogP contribution in [0.3, 0.4) is 0 Å². The average Bonchev–Trinajstić information content (AvgIpc) is 2.76. The molecule has 0 aliphatic carbocycles. The Bertz CT molecular complexity index is 563. The molecule has 0 radical (unpaired) electrons. The summed E-state index contributed by atoms with van der Waals surface area (Å²) in [5.74, 6) is 5.39. The van der Waals surface area contributed by atoms with Gasteiger partial charge in [-0.15, -0.1) is 5.10 Å². The molecule has 5 nitrogen and oxygen atoms in total. The van der Waals surface area contributed by atoms with Gasteiger partial charge >= 0.3 is 6.18 Å². The van der Waals surface area contributed by atoms with Crippen molar-refractivity contribution in [3.05, 3.63) is 47.3 Å². The Balaban J connectivity index is 2.54. The number of benzene rings is 1. The number of nitrogens with one attached hydrogen (secondary N) is 1. The molecule has 1 heterocycles. The Morgan fingerprint density at radius 2 is 2.00 bits per heavy atom. The number of hydrogen-bond acceptors (Lipinski definition) is 4. The summed E-state index contributed by atoms with van der Waals surface area (Å²) < 4.78 is 40.3. The van der Waals surface area contributed by atoms with Gasteiger partial charge in [0.15, 0.2) is 0 Å². The number of alkyl halides is 3. The molecule has 1 atom stereocenters. The van der Waals surface area contributed by atoms with Crippen LogP contribution in [0.2, 0.25) is 0 Å². The molecule has 2 rings (SSSR count). The molecule has 1 aromatic heterocycles. The SMILES string of the molecule is Cn1nncc1C(NN)c1ccccc1C(F)(F)F. The molecule has 0 fully saturated rings. The summed E-state index contributed by atoms with van der Waals surface area (Å²) in [5.41, 5.74) is 2.11. The van der Waals surface area contributed by atoms with E-state index in [1.165, 1.54) is 29.1 Å². The van der Waals surface area contributed by atoms with Crippen LogP contribution in [-0.2, 0) is 13.2 Å². The summed E-state index contributed by atoms with van der Waals surface area (Å²) in [6.45, 7) is 0. The fourth-order valence-corrected chi connectivity index (χ4v) is 1.90. The van der Waals surface area contributed by atoms with Gasteiger partial charge in [0, 0.05) is 7.05 Å². The first-order valence-electron chi connectivity index (χ1n) is 5.42. The van der Waals surface area contributed by atoms with Crippen molar-refractivity contribution in [1.29, 1.82) is 0 Å². The highest BCUT2D eigenvalue weighted by Gasteiger charge is 2.35. The largest absolute Gasteiger partial charge is 0.416 e. The second-order valence-electron chi connectivity index (χ2n) is 3.97. The summed E-state index contributed by atoms with van der Waals surface area (Å²) in [5, 5.41) is 7.34. The molecule has 0 saturated carbocycles. The van der Waals surface area contributed by atoms with Crippen LogP contribution in [0, 0.1) is 0 Å². The zero-order valence-corrected chi connectivity index (χ0v) is 10.0. The van der Waals surface area contributed by atoms with Gasteiger partial charge in [-0.3, -0.25) is 10.5 Å². The highest BCUT2D eigenvalue weighted by Crippen LogP contribution is 2.35. The van der Waals surface area contributed by atoms with Gasteiger partial charge < -0.3 is 0 Å². The van der Waals surface area contributed by atoms with E-state index >= 15 is 0 Å². The first-order chi connectivity index (χ1) is 8.95. The van der Waals surface area contributed by atoms with E-state index in [4.69, 9.17) is 5.84 Å². The smallest absolute Gasteiger partial charge is 0.271 e. The minimum atomic E-state index is -4.45. The third-order valence-electron chi connectivity index (χ3n) is 2.79. The van der Waals surface area contributed by atoms with Crippen molar-refractivity contribution in [3.8, 4) is 0 Å². The first kappa shape index (κ1) is 13.5. The Morgan fingerprint density at radius 1 is 1.32 bits per heavy atom. The van der Waals surface area contributed by atoms with Gasteiger partial charge in [0.2, 0.25) is 0 Å². The van der Waals surface area contributed by atoms with Crippen molar-refractivity contribution in [1.82, 2.24) is 20.4 Å². The van der Waals surface area contributed by atoms with E-state index in [1.54, 1.807) is 7.05 Å². The number of hydrazine groups is 1. The normalized spacial score (nSPS) is 13.5. The van der Waals surface area contributed by atoms with Crippen LogP contribution in [0.25, 0.3) is 0 Å². The van der Waals surface area contributed by atoms with E-state index in [9.17, 15) is 13.2 Å². The predicted molar refractivity (Wildman–Crippen MR) is 61.6 cm³/mol. The van der Waals surface area contributed by atoms with E-state index in [0.717, 1.165) is 6.07 Å².